The Morgan fingerprint density at radius 1 is 0.885 bits per heavy atom. The van der Waals surface area contributed by atoms with Gasteiger partial charge >= 0.3 is 0 Å². The van der Waals surface area contributed by atoms with Crippen LogP contribution in [0.1, 0.15) is 84.6 Å². The lowest BCUT2D eigenvalue weighted by Gasteiger charge is -2.51. The van der Waals surface area contributed by atoms with Gasteiger partial charge < -0.3 is 0 Å². The molecule has 2 bridgehead atoms. The lowest BCUT2D eigenvalue weighted by molar-refractivity contribution is 0.280. The molecule has 3 rings (SSSR count). The first-order valence-corrected chi connectivity index (χ1v) is 14.3. The van der Waals surface area contributed by atoms with Gasteiger partial charge in [-0.1, -0.05) is 102 Å². The summed E-state index contributed by atoms with van der Waals surface area (Å²) in [6, 6.07) is 16.4. The van der Waals surface area contributed by atoms with Crippen LogP contribution in [0.4, 0.5) is 0 Å². The maximum atomic E-state index is 2.72. The highest BCUT2D eigenvalue weighted by molar-refractivity contribution is 6.82. The molecule has 146 valence electrons. The normalized spacial score (nSPS) is 27.6. The molecule has 0 heterocycles. The van der Waals surface area contributed by atoms with Gasteiger partial charge in [-0.2, -0.15) is 0 Å². The lowest BCUT2D eigenvalue weighted by atomic mass is 9.80. The largest absolute Gasteiger partial charge is 0.0656 e. The van der Waals surface area contributed by atoms with Crippen LogP contribution in [0.15, 0.2) is 30.3 Å². The van der Waals surface area contributed by atoms with Crippen molar-refractivity contribution in [1.82, 2.24) is 0 Å². The lowest BCUT2D eigenvalue weighted by Crippen LogP contribution is -2.55. The highest BCUT2D eigenvalue weighted by atomic mass is 28.3. The van der Waals surface area contributed by atoms with Crippen LogP contribution in [-0.4, -0.2) is 8.07 Å². The maximum Gasteiger partial charge on any atom is 0.0644 e. The van der Waals surface area contributed by atoms with E-state index in [-0.39, 0.29) is 0 Å². The van der Waals surface area contributed by atoms with Gasteiger partial charge in [0, 0.05) is 0 Å². The summed E-state index contributed by atoms with van der Waals surface area (Å²) < 4.78 is 0. The molecule has 0 aliphatic heterocycles. The summed E-state index contributed by atoms with van der Waals surface area (Å²) >= 11 is 0. The third-order valence-corrected chi connectivity index (χ3v) is 15.5. The second kappa shape index (κ2) is 8.63. The summed E-state index contributed by atoms with van der Waals surface area (Å²) in [5, 5.41) is 0.464. The molecule has 26 heavy (non-hydrogen) atoms. The Labute approximate surface area is 164 Å². The smallest absolute Gasteiger partial charge is 0.0644 e. The molecule has 4 unspecified atom stereocenters. The Bertz CT molecular complexity index is 534. The Kier molecular flexibility index (Phi) is 6.70. The van der Waals surface area contributed by atoms with Gasteiger partial charge in [-0.25, -0.2) is 0 Å². The fraction of sp³-hybridized carbons (Fsp3) is 0.760. The number of rotatable bonds is 10. The predicted octanol–water partition coefficient (Wildman–Crippen LogP) is 7.99. The minimum Gasteiger partial charge on any atom is -0.0656 e. The molecule has 2 aliphatic rings. The van der Waals surface area contributed by atoms with E-state index in [9.17, 15) is 0 Å². The molecule has 0 amide bonds. The molecule has 0 spiro atoms. The van der Waals surface area contributed by atoms with E-state index in [2.05, 4.69) is 58.0 Å². The fourth-order valence-corrected chi connectivity index (χ4v) is 14.0. The summed E-state index contributed by atoms with van der Waals surface area (Å²) in [5.74, 6) is 3.14. The van der Waals surface area contributed by atoms with Crippen molar-refractivity contribution in [3.8, 4) is 0 Å². The summed E-state index contributed by atoms with van der Waals surface area (Å²) in [4.78, 5) is 0. The molecule has 2 fully saturated rings. The van der Waals surface area contributed by atoms with Crippen molar-refractivity contribution in [2.24, 2.45) is 17.8 Å². The van der Waals surface area contributed by atoms with Crippen molar-refractivity contribution in [2.75, 3.05) is 0 Å². The topological polar surface area (TPSA) is 0 Å². The van der Waals surface area contributed by atoms with Crippen molar-refractivity contribution in [3.63, 3.8) is 0 Å². The van der Waals surface area contributed by atoms with Crippen molar-refractivity contribution >= 4 is 8.07 Å². The van der Waals surface area contributed by atoms with Crippen LogP contribution in [0.5, 0.6) is 0 Å². The van der Waals surface area contributed by atoms with Gasteiger partial charge in [-0.05, 0) is 54.0 Å². The molecule has 4 atom stereocenters. The van der Waals surface area contributed by atoms with Crippen LogP contribution >= 0.6 is 0 Å². The van der Waals surface area contributed by atoms with Crippen LogP contribution in [0.3, 0.4) is 0 Å². The quantitative estimate of drug-likeness (QED) is 0.366. The zero-order valence-electron chi connectivity index (χ0n) is 17.9. The monoisotopic (exact) mass is 370 g/mol. The molecule has 0 aromatic heterocycles. The molecule has 1 aromatic rings. The van der Waals surface area contributed by atoms with E-state index in [4.69, 9.17) is 0 Å². The van der Waals surface area contributed by atoms with Gasteiger partial charge in [-0.3, -0.25) is 0 Å². The minimum absolute atomic E-state index is 0.464. The van der Waals surface area contributed by atoms with E-state index in [1.165, 1.54) is 56.7 Å². The van der Waals surface area contributed by atoms with Gasteiger partial charge in [0.1, 0.15) is 0 Å². The SMILES string of the molecule is CCC[Si](CCC)(CCC)C(C)(CC1CC2CCC1C2)c1ccccc1. The standard InChI is InChI=1S/C25H42Si/c1-5-15-26(16-6-2,17-7-3)25(4,24-11-9-8-10-12-24)20-23-19-21-13-14-22(23)18-21/h8-12,21-23H,5-7,13-20H2,1-4H3. The van der Waals surface area contributed by atoms with Crippen molar-refractivity contribution in [1.29, 1.82) is 0 Å². The molecular weight excluding hydrogens is 328 g/mol. The molecule has 1 heteroatoms. The van der Waals surface area contributed by atoms with E-state index < -0.39 is 8.07 Å². The van der Waals surface area contributed by atoms with Crippen LogP contribution < -0.4 is 0 Å². The Morgan fingerprint density at radius 3 is 1.96 bits per heavy atom. The summed E-state index contributed by atoms with van der Waals surface area (Å²) in [6.07, 6.45) is 11.8. The maximum absolute atomic E-state index is 2.72. The first-order valence-electron chi connectivity index (χ1n) is 11.6. The first kappa shape index (κ1) is 20.2. The van der Waals surface area contributed by atoms with Gasteiger partial charge in [0.2, 0.25) is 0 Å². The Hall–Kier alpha value is -0.563. The molecule has 0 nitrogen and oxygen atoms in total. The third-order valence-electron chi connectivity index (χ3n) is 8.32. The summed E-state index contributed by atoms with van der Waals surface area (Å²) in [5.41, 5.74) is 1.68. The summed E-state index contributed by atoms with van der Waals surface area (Å²) in [6.45, 7) is 10.0. The molecule has 0 saturated heterocycles. The predicted molar refractivity (Wildman–Crippen MR) is 118 cm³/mol. The average Bonchev–Trinajstić information content (AvgIpc) is 3.26. The van der Waals surface area contributed by atoms with Crippen molar-refractivity contribution in [2.45, 2.75) is 102 Å². The second-order valence-corrected chi connectivity index (χ2v) is 15.0. The average molecular weight is 371 g/mol. The van der Waals surface area contributed by atoms with Gasteiger partial charge in [0.05, 0.1) is 8.07 Å². The van der Waals surface area contributed by atoms with E-state index in [1.807, 2.05) is 0 Å². The molecule has 0 N–H and O–H groups in total. The third kappa shape index (κ3) is 3.70. The number of hydrogen-bond donors (Lipinski definition) is 0. The molecule has 2 saturated carbocycles. The number of benzene rings is 1. The fourth-order valence-electron chi connectivity index (χ4n) is 7.24. The highest BCUT2D eigenvalue weighted by Gasteiger charge is 2.52. The van der Waals surface area contributed by atoms with E-state index >= 15 is 0 Å². The molecular formula is C25H42Si. The molecule has 1 aromatic carbocycles. The van der Waals surface area contributed by atoms with Crippen LogP contribution in [0.2, 0.25) is 18.1 Å². The van der Waals surface area contributed by atoms with E-state index in [0.29, 0.717) is 5.04 Å². The highest BCUT2D eigenvalue weighted by Crippen LogP contribution is 2.55. The second-order valence-electron chi connectivity index (χ2n) is 9.87. The van der Waals surface area contributed by atoms with E-state index in [0.717, 1.165) is 17.8 Å². The zero-order chi connectivity index (χ0) is 18.6. The molecule has 0 radical (unpaired) electrons. The van der Waals surface area contributed by atoms with Gasteiger partial charge in [0.15, 0.2) is 0 Å². The minimum atomic E-state index is -1.39. The summed E-state index contributed by atoms with van der Waals surface area (Å²) in [7, 11) is -1.39. The van der Waals surface area contributed by atoms with Crippen LogP contribution in [0.25, 0.3) is 0 Å². The number of hydrogen-bond acceptors (Lipinski definition) is 0. The molecule has 2 aliphatic carbocycles. The van der Waals surface area contributed by atoms with Crippen molar-refractivity contribution < 1.29 is 0 Å². The van der Waals surface area contributed by atoms with Crippen LogP contribution in [-0.2, 0) is 5.04 Å². The van der Waals surface area contributed by atoms with Gasteiger partial charge in [0.25, 0.3) is 0 Å². The zero-order valence-corrected chi connectivity index (χ0v) is 18.9. The van der Waals surface area contributed by atoms with Crippen LogP contribution in [0, 0.1) is 17.8 Å². The van der Waals surface area contributed by atoms with Crippen molar-refractivity contribution in [3.05, 3.63) is 35.9 Å². The van der Waals surface area contributed by atoms with E-state index in [1.54, 1.807) is 18.4 Å². The number of fused-ring (bicyclic) bond motifs is 2. The first-order chi connectivity index (χ1) is 12.6. The Balaban J connectivity index is 2.00. The Morgan fingerprint density at radius 2 is 1.50 bits per heavy atom. The van der Waals surface area contributed by atoms with Gasteiger partial charge in [-0.15, -0.1) is 0 Å².